The van der Waals surface area contributed by atoms with E-state index in [4.69, 9.17) is 4.74 Å². The minimum atomic E-state index is -0.176. The maximum Gasteiger partial charge on any atom is 0.227 e. The fourth-order valence-corrected chi connectivity index (χ4v) is 3.21. The summed E-state index contributed by atoms with van der Waals surface area (Å²) in [5.41, 5.74) is -0.176. The SMILES string of the molecule is CCC1(C(=O)NCCOC2CCCCC2)CCNC1. The van der Waals surface area contributed by atoms with Gasteiger partial charge in [0.05, 0.1) is 18.1 Å². The molecule has 2 fully saturated rings. The fraction of sp³-hybridized carbons (Fsp3) is 0.933. The van der Waals surface area contributed by atoms with Crippen LogP contribution in [0.15, 0.2) is 0 Å². The summed E-state index contributed by atoms with van der Waals surface area (Å²) < 4.78 is 5.83. The van der Waals surface area contributed by atoms with E-state index in [0.29, 0.717) is 19.3 Å². The second kappa shape index (κ2) is 7.25. The van der Waals surface area contributed by atoms with Crippen LogP contribution >= 0.6 is 0 Å². The third-order valence-electron chi connectivity index (χ3n) is 4.70. The van der Waals surface area contributed by atoms with Crippen molar-refractivity contribution >= 4 is 5.91 Å². The Morgan fingerprint density at radius 3 is 2.79 bits per heavy atom. The second-order valence-corrected chi connectivity index (χ2v) is 5.95. The van der Waals surface area contributed by atoms with Crippen molar-refractivity contribution in [1.82, 2.24) is 10.6 Å². The Balaban J connectivity index is 1.63. The first-order valence-corrected chi connectivity index (χ1v) is 7.87. The van der Waals surface area contributed by atoms with Crippen LogP contribution in [0.5, 0.6) is 0 Å². The van der Waals surface area contributed by atoms with Crippen molar-refractivity contribution in [3.63, 3.8) is 0 Å². The molecule has 1 atom stereocenters. The highest BCUT2D eigenvalue weighted by Crippen LogP contribution is 2.29. The van der Waals surface area contributed by atoms with Crippen molar-refractivity contribution in [2.24, 2.45) is 5.41 Å². The standard InChI is InChI=1S/C15H28N2O2/c1-2-15(8-9-16-12-15)14(18)17-10-11-19-13-6-4-3-5-7-13/h13,16H,2-12H2,1H3,(H,17,18). The van der Waals surface area contributed by atoms with E-state index in [9.17, 15) is 4.79 Å². The maximum absolute atomic E-state index is 12.2. The molecule has 1 amide bonds. The van der Waals surface area contributed by atoms with Gasteiger partial charge in [-0.25, -0.2) is 0 Å². The molecule has 2 rings (SSSR count). The van der Waals surface area contributed by atoms with Crippen LogP contribution in [-0.2, 0) is 9.53 Å². The van der Waals surface area contributed by atoms with Gasteiger partial charge < -0.3 is 15.4 Å². The van der Waals surface area contributed by atoms with E-state index in [-0.39, 0.29) is 11.3 Å². The predicted molar refractivity (Wildman–Crippen MR) is 76.0 cm³/mol. The summed E-state index contributed by atoms with van der Waals surface area (Å²) in [6.07, 6.45) is 8.62. The number of hydrogen-bond donors (Lipinski definition) is 2. The average Bonchev–Trinajstić information content (AvgIpc) is 2.94. The molecule has 0 bridgehead atoms. The van der Waals surface area contributed by atoms with Gasteiger partial charge in [-0.3, -0.25) is 4.79 Å². The molecule has 1 saturated carbocycles. The zero-order chi connectivity index (χ0) is 13.6. The van der Waals surface area contributed by atoms with Gasteiger partial charge in [0, 0.05) is 13.1 Å². The Bertz CT molecular complexity index is 282. The summed E-state index contributed by atoms with van der Waals surface area (Å²) in [7, 11) is 0. The molecule has 1 unspecified atom stereocenters. The number of hydrogen-bond acceptors (Lipinski definition) is 3. The highest BCUT2D eigenvalue weighted by Gasteiger charge is 2.39. The largest absolute Gasteiger partial charge is 0.376 e. The zero-order valence-electron chi connectivity index (χ0n) is 12.2. The molecule has 1 heterocycles. The van der Waals surface area contributed by atoms with Crippen molar-refractivity contribution in [3.8, 4) is 0 Å². The topological polar surface area (TPSA) is 50.4 Å². The summed E-state index contributed by atoms with van der Waals surface area (Å²) >= 11 is 0. The van der Waals surface area contributed by atoms with Crippen LogP contribution in [0.25, 0.3) is 0 Å². The normalized spacial score (nSPS) is 28.5. The van der Waals surface area contributed by atoms with E-state index in [0.717, 1.165) is 25.9 Å². The van der Waals surface area contributed by atoms with Crippen LogP contribution in [0.4, 0.5) is 0 Å². The second-order valence-electron chi connectivity index (χ2n) is 5.95. The van der Waals surface area contributed by atoms with E-state index < -0.39 is 0 Å². The molecule has 0 spiro atoms. The van der Waals surface area contributed by atoms with E-state index in [2.05, 4.69) is 17.6 Å². The van der Waals surface area contributed by atoms with Crippen LogP contribution in [0.3, 0.4) is 0 Å². The molecule has 1 aliphatic carbocycles. The molecule has 19 heavy (non-hydrogen) atoms. The van der Waals surface area contributed by atoms with Gasteiger partial charge in [-0.2, -0.15) is 0 Å². The zero-order valence-corrected chi connectivity index (χ0v) is 12.2. The predicted octanol–water partition coefficient (Wildman–Crippen LogP) is 1.84. The van der Waals surface area contributed by atoms with E-state index in [1.54, 1.807) is 0 Å². The molecule has 1 saturated heterocycles. The lowest BCUT2D eigenvalue weighted by atomic mass is 9.83. The van der Waals surface area contributed by atoms with Gasteiger partial charge in [0.25, 0.3) is 0 Å². The lowest BCUT2D eigenvalue weighted by Gasteiger charge is -2.26. The Kier molecular flexibility index (Phi) is 5.64. The lowest BCUT2D eigenvalue weighted by molar-refractivity contribution is -0.130. The number of rotatable bonds is 6. The molecule has 0 radical (unpaired) electrons. The van der Waals surface area contributed by atoms with Gasteiger partial charge in [-0.1, -0.05) is 26.2 Å². The molecule has 4 heteroatoms. The fourth-order valence-electron chi connectivity index (χ4n) is 3.21. The molecule has 110 valence electrons. The van der Waals surface area contributed by atoms with Gasteiger partial charge in [0.2, 0.25) is 5.91 Å². The highest BCUT2D eigenvalue weighted by molar-refractivity contribution is 5.83. The van der Waals surface area contributed by atoms with Crippen LogP contribution in [0, 0.1) is 5.41 Å². The Hall–Kier alpha value is -0.610. The van der Waals surface area contributed by atoms with E-state index in [1.165, 1.54) is 32.1 Å². The van der Waals surface area contributed by atoms with Gasteiger partial charge >= 0.3 is 0 Å². The molecule has 2 N–H and O–H groups in total. The first kappa shape index (κ1) is 14.8. The van der Waals surface area contributed by atoms with Crippen LogP contribution in [0.2, 0.25) is 0 Å². The molecule has 0 aromatic rings. The Labute approximate surface area is 116 Å². The Morgan fingerprint density at radius 2 is 2.16 bits per heavy atom. The minimum Gasteiger partial charge on any atom is -0.376 e. The molecule has 1 aliphatic heterocycles. The minimum absolute atomic E-state index is 0.176. The number of nitrogens with one attached hydrogen (secondary N) is 2. The van der Waals surface area contributed by atoms with Crippen molar-refractivity contribution in [1.29, 1.82) is 0 Å². The highest BCUT2D eigenvalue weighted by atomic mass is 16.5. The van der Waals surface area contributed by atoms with Gasteiger partial charge in [-0.15, -0.1) is 0 Å². The van der Waals surface area contributed by atoms with Gasteiger partial charge in [0.15, 0.2) is 0 Å². The first-order valence-electron chi connectivity index (χ1n) is 7.87. The van der Waals surface area contributed by atoms with E-state index >= 15 is 0 Å². The molecular formula is C15H28N2O2. The average molecular weight is 268 g/mol. The third kappa shape index (κ3) is 3.93. The molecular weight excluding hydrogens is 240 g/mol. The van der Waals surface area contributed by atoms with Crippen LogP contribution in [-0.4, -0.2) is 38.3 Å². The molecule has 0 aromatic heterocycles. The van der Waals surface area contributed by atoms with Crippen molar-refractivity contribution < 1.29 is 9.53 Å². The summed E-state index contributed by atoms with van der Waals surface area (Å²) in [6.45, 7) is 5.18. The smallest absolute Gasteiger partial charge is 0.227 e. The van der Waals surface area contributed by atoms with Gasteiger partial charge in [0.1, 0.15) is 0 Å². The maximum atomic E-state index is 12.2. The van der Waals surface area contributed by atoms with E-state index in [1.807, 2.05) is 0 Å². The molecule has 0 aromatic carbocycles. The summed E-state index contributed by atoms with van der Waals surface area (Å²) in [4.78, 5) is 12.2. The third-order valence-corrected chi connectivity index (χ3v) is 4.70. The Morgan fingerprint density at radius 1 is 1.37 bits per heavy atom. The number of ether oxygens (including phenoxy) is 1. The quantitative estimate of drug-likeness (QED) is 0.723. The summed E-state index contributed by atoms with van der Waals surface area (Å²) in [5, 5.41) is 6.35. The van der Waals surface area contributed by atoms with Crippen LogP contribution in [0.1, 0.15) is 51.9 Å². The summed E-state index contributed by atoms with van der Waals surface area (Å²) in [5.74, 6) is 0.201. The van der Waals surface area contributed by atoms with Gasteiger partial charge in [-0.05, 0) is 32.2 Å². The lowest BCUT2D eigenvalue weighted by Crippen LogP contribution is -2.43. The molecule has 4 nitrogen and oxygen atoms in total. The summed E-state index contributed by atoms with van der Waals surface area (Å²) in [6, 6.07) is 0. The molecule has 2 aliphatic rings. The number of carbonyl (C=O) groups is 1. The van der Waals surface area contributed by atoms with Crippen molar-refractivity contribution in [2.45, 2.75) is 58.0 Å². The number of amides is 1. The van der Waals surface area contributed by atoms with Crippen molar-refractivity contribution in [2.75, 3.05) is 26.2 Å². The monoisotopic (exact) mass is 268 g/mol. The van der Waals surface area contributed by atoms with Crippen LogP contribution < -0.4 is 10.6 Å². The number of carbonyl (C=O) groups excluding carboxylic acids is 1. The first-order chi connectivity index (χ1) is 9.27. The van der Waals surface area contributed by atoms with Crippen molar-refractivity contribution in [3.05, 3.63) is 0 Å².